The van der Waals surface area contributed by atoms with Crippen molar-refractivity contribution in [2.75, 3.05) is 0 Å². The maximum atomic E-state index is 12.8. The molecule has 8 heteroatoms. The van der Waals surface area contributed by atoms with E-state index in [1.807, 2.05) is 0 Å². The Kier molecular flexibility index (Phi) is 4.74. The van der Waals surface area contributed by atoms with Gasteiger partial charge in [-0.2, -0.15) is 0 Å². The number of nitro benzene ring substituents is 1. The summed E-state index contributed by atoms with van der Waals surface area (Å²) in [5.74, 6) is -0.310. The zero-order valence-corrected chi connectivity index (χ0v) is 15.6. The Morgan fingerprint density at radius 1 is 0.897 bits per heavy atom. The molecule has 2 amide bonds. The summed E-state index contributed by atoms with van der Waals surface area (Å²) < 4.78 is 5.64. The van der Waals surface area contributed by atoms with Crippen LogP contribution >= 0.6 is 11.6 Å². The number of hydrogen-bond acceptors (Lipinski definition) is 5. The maximum absolute atomic E-state index is 12.8. The molecule has 7 nitrogen and oxygen atoms in total. The monoisotopic (exact) mass is 408 g/mol. The van der Waals surface area contributed by atoms with Gasteiger partial charge in [-0.25, -0.2) is 0 Å². The highest BCUT2D eigenvalue weighted by Crippen LogP contribution is 2.32. The lowest BCUT2D eigenvalue weighted by Gasteiger charge is -2.14. The van der Waals surface area contributed by atoms with Gasteiger partial charge < -0.3 is 4.74 Å². The number of carbonyl (C=O) groups is 2. The molecule has 3 aromatic carbocycles. The summed E-state index contributed by atoms with van der Waals surface area (Å²) in [6, 6.07) is 17.2. The van der Waals surface area contributed by atoms with E-state index in [1.165, 1.54) is 30.3 Å². The van der Waals surface area contributed by atoms with Gasteiger partial charge in [-0.05, 0) is 35.9 Å². The summed E-state index contributed by atoms with van der Waals surface area (Å²) in [6.45, 7) is 0.0626. The number of non-ortho nitro benzene ring substituents is 1. The summed E-state index contributed by atoms with van der Waals surface area (Å²) >= 11 is 6.14. The third-order valence-corrected chi connectivity index (χ3v) is 4.86. The number of imide groups is 1. The molecule has 0 saturated carbocycles. The first-order chi connectivity index (χ1) is 13.9. The summed E-state index contributed by atoms with van der Waals surface area (Å²) in [5, 5.41) is 11.4. The third kappa shape index (κ3) is 3.55. The molecule has 0 radical (unpaired) electrons. The number of nitro groups is 1. The number of ether oxygens (including phenoxy) is 1. The first-order valence-electron chi connectivity index (χ1n) is 8.60. The quantitative estimate of drug-likeness (QED) is 0.342. The number of nitrogens with zero attached hydrogens (tertiary/aromatic N) is 2. The average Bonchev–Trinajstić information content (AvgIpc) is 2.94. The molecular weight excluding hydrogens is 396 g/mol. The minimum atomic E-state index is -0.523. The van der Waals surface area contributed by atoms with Gasteiger partial charge in [0.25, 0.3) is 17.5 Å². The number of benzene rings is 3. The number of amides is 2. The normalized spacial score (nSPS) is 12.8. The van der Waals surface area contributed by atoms with Crippen LogP contribution in [-0.2, 0) is 6.54 Å². The van der Waals surface area contributed by atoms with Crippen molar-refractivity contribution in [1.29, 1.82) is 0 Å². The molecule has 4 rings (SSSR count). The summed E-state index contributed by atoms with van der Waals surface area (Å²) in [5.41, 5.74) is 1.04. The van der Waals surface area contributed by atoms with Crippen LogP contribution in [0.1, 0.15) is 26.3 Å². The maximum Gasteiger partial charge on any atom is 0.273 e. The van der Waals surface area contributed by atoms with Crippen LogP contribution < -0.4 is 4.74 Å². The Labute approximate surface area is 170 Å². The lowest BCUT2D eigenvalue weighted by Crippen LogP contribution is -2.29. The van der Waals surface area contributed by atoms with Gasteiger partial charge in [0.1, 0.15) is 11.5 Å². The van der Waals surface area contributed by atoms with Gasteiger partial charge in [-0.3, -0.25) is 24.6 Å². The smallest absolute Gasteiger partial charge is 0.273 e. The fourth-order valence-electron chi connectivity index (χ4n) is 3.07. The molecule has 144 valence electrons. The molecular formula is C21H13ClN2O5. The number of carbonyl (C=O) groups excluding carboxylic acids is 2. The Morgan fingerprint density at radius 2 is 1.62 bits per heavy atom. The number of hydrogen-bond donors (Lipinski definition) is 0. The molecule has 0 fully saturated rings. The largest absolute Gasteiger partial charge is 0.457 e. The van der Waals surface area contributed by atoms with Crippen molar-refractivity contribution in [2.24, 2.45) is 0 Å². The van der Waals surface area contributed by atoms with Gasteiger partial charge in [0, 0.05) is 11.1 Å². The lowest BCUT2D eigenvalue weighted by molar-refractivity contribution is -0.384. The summed E-state index contributed by atoms with van der Waals surface area (Å²) in [7, 11) is 0. The van der Waals surface area contributed by atoms with E-state index < -0.39 is 16.7 Å². The van der Waals surface area contributed by atoms with Gasteiger partial charge in [-0.1, -0.05) is 35.9 Å². The molecule has 1 aliphatic heterocycles. The molecule has 0 atom stereocenters. The predicted molar refractivity (Wildman–Crippen MR) is 105 cm³/mol. The van der Waals surface area contributed by atoms with Crippen molar-refractivity contribution >= 4 is 29.1 Å². The van der Waals surface area contributed by atoms with E-state index in [9.17, 15) is 19.7 Å². The van der Waals surface area contributed by atoms with Crippen LogP contribution in [0.25, 0.3) is 0 Å². The van der Waals surface area contributed by atoms with E-state index in [1.54, 1.807) is 36.4 Å². The standard InChI is InChI=1S/C21H13ClN2O5/c22-19-7-2-1-4-13(19)12-23-20(25)17-9-8-16(11-18(17)21(23)26)29-15-6-3-5-14(10-15)24(27)28/h1-11H,12H2. The van der Waals surface area contributed by atoms with Crippen LogP contribution in [0.4, 0.5) is 5.69 Å². The molecule has 0 aromatic heterocycles. The first-order valence-corrected chi connectivity index (χ1v) is 8.98. The molecule has 0 bridgehead atoms. The minimum absolute atomic E-state index is 0.0626. The molecule has 1 aliphatic rings. The minimum Gasteiger partial charge on any atom is -0.457 e. The summed E-state index contributed by atoms with van der Waals surface area (Å²) in [4.78, 5) is 37.0. The highest BCUT2D eigenvalue weighted by atomic mass is 35.5. The van der Waals surface area contributed by atoms with Crippen LogP contribution in [0.2, 0.25) is 5.02 Å². The predicted octanol–water partition coefficient (Wildman–Crippen LogP) is 4.84. The summed E-state index contributed by atoms with van der Waals surface area (Å²) in [6.07, 6.45) is 0. The first kappa shape index (κ1) is 18.6. The highest BCUT2D eigenvalue weighted by Gasteiger charge is 2.36. The number of halogens is 1. The van der Waals surface area contributed by atoms with E-state index in [0.717, 1.165) is 4.90 Å². The van der Waals surface area contributed by atoms with Crippen LogP contribution in [-0.4, -0.2) is 21.6 Å². The molecule has 0 unspecified atom stereocenters. The van der Waals surface area contributed by atoms with E-state index in [0.29, 0.717) is 16.3 Å². The molecule has 0 spiro atoms. The Balaban J connectivity index is 1.59. The second-order valence-corrected chi connectivity index (χ2v) is 6.76. The second-order valence-electron chi connectivity index (χ2n) is 6.35. The zero-order valence-electron chi connectivity index (χ0n) is 14.9. The lowest BCUT2D eigenvalue weighted by atomic mass is 10.1. The van der Waals surface area contributed by atoms with E-state index in [4.69, 9.17) is 16.3 Å². The fraction of sp³-hybridized carbons (Fsp3) is 0.0476. The third-order valence-electron chi connectivity index (χ3n) is 4.49. The van der Waals surface area contributed by atoms with E-state index in [2.05, 4.69) is 0 Å². The number of fused-ring (bicyclic) bond motifs is 1. The SMILES string of the molecule is O=C1c2ccc(Oc3cccc([N+](=O)[O-])c3)cc2C(=O)N1Cc1ccccc1Cl. The van der Waals surface area contributed by atoms with Gasteiger partial charge in [0.15, 0.2) is 0 Å². The molecule has 0 N–H and O–H groups in total. The topological polar surface area (TPSA) is 89.7 Å². The van der Waals surface area contributed by atoms with Crippen molar-refractivity contribution in [3.05, 3.63) is 98.6 Å². The van der Waals surface area contributed by atoms with Crippen LogP contribution in [0.3, 0.4) is 0 Å². The van der Waals surface area contributed by atoms with Crippen molar-refractivity contribution in [2.45, 2.75) is 6.54 Å². The zero-order chi connectivity index (χ0) is 20.5. The van der Waals surface area contributed by atoms with Crippen LogP contribution in [0.15, 0.2) is 66.7 Å². The highest BCUT2D eigenvalue weighted by molar-refractivity contribution is 6.31. The number of rotatable bonds is 5. The van der Waals surface area contributed by atoms with Crippen LogP contribution in [0.5, 0.6) is 11.5 Å². The average molecular weight is 409 g/mol. The molecule has 29 heavy (non-hydrogen) atoms. The Bertz CT molecular complexity index is 1160. The Morgan fingerprint density at radius 3 is 2.38 bits per heavy atom. The van der Waals surface area contributed by atoms with Gasteiger partial charge in [0.2, 0.25) is 0 Å². The fourth-order valence-corrected chi connectivity index (χ4v) is 3.27. The van der Waals surface area contributed by atoms with Crippen molar-refractivity contribution < 1.29 is 19.2 Å². The Hall–Kier alpha value is -3.71. The van der Waals surface area contributed by atoms with Crippen molar-refractivity contribution in [3.63, 3.8) is 0 Å². The van der Waals surface area contributed by atoms with Crippen molar-refractivity contribution in [3.8, 4) is 11.5 Å². The second kappa shape index (κ2) is 7.37. The van der Waals surface area contributed by atoms with Crippen molar-refractivity contribution in [1.82, 2.24) is 4.90 Å². The van der Waals surface area contributed by atoms with Gasteiger partial charge in [0.05, 0.1) is 28.7 Å². The molecule has 0 aliphatic carbocycles. The van der Waals surface area contributed by atoms with E-state index >= 15 is 0 Å². The molecule has 3 aromatic rings. The molecule has 1 heterocycles. The van der Waals surface area contributed by atoms with Gasteiger partial charge in [-0.15, -0.1) is 0 Å². The van der Waals surface area contributed by atoms with E-state index in [-0.39, 0.29) is 29.1 Å². The van der Waals surface area contributed by atoms with Crippen LogP contribution in [0, 0.1) is 10.1 Å². The molecule has 0 saturated heterocycles. The van der Waals surface area contributed by atoms with Gasteiger partial charge >= 0.3 is 0 Å².